The average Bonchev–Trinajstić information content (AvgIpc) is 2.78. The van der Waals surface area contributed by atoms with Gasteiger partial charge in [-0.2, -0.15) is 0 Å². The van der Waals surface area contributed by atoms with E-state index in [0.717, 1.165) is 37.0 Å². The molecule has 3 fully saturated rings. The first-order valence-electron chi connectivity index (χ1n) is 10.2. The lowest BCUT2D eigenvalue weighted by Crippen LogP contribution is -2.53. The molecule has 0 aromatic rings. The largest absolute Gasteiger partial charge is 0.393 e. The van der Waals surface area contributed by atoms with Crippen LogP contribution in [0.1, 0.15) is 79.1 Å². The van der Waals surface area contributed by atoms with Gasteiger partial charge in [0, 0.05) is 0 Å². The average molecular weight is 331 g/mol. The second-order valence-electron chi connectivity index (χ2n) is 9.96. The molecule has 4 aliphatic carbocycles. The molecule has 4 rings (SSSR count). The molecule has 0 heterocycles. The summed E-state index contributed by atoms with van der Waals surface area (Å²) in [6.07, 6.45) is 9.39. The van der Waals surface area contributed by atoms with Crippen molar-refractivity contribution in [1.29, 1.82) is 0 Å². The van der Waals surface area contributed by atoms with Crippen molar-refractivity contribution < 1.29 is 9.90 Å². The summed E-state index contributed by atoms with van der Waals surface area (Å²) in [5, 5.41) is 10.1. The highest BCUT2D eigenvalue weighted by atomic mass is 16.3. The van der Waals surface area contributed by atoms with Crippen molar-refractivity contribution in [1.82, 2.24) is 0 Å². The number of allylic oxidation sites excluding steroid dienone is 2. The Kier molecular flexibility index (Phi) is 3.81. The maximum absolute atomic E-state index is 12.3. The van der Waals surface area contributed by atoms with Crippen LogP contribution in [0.5, 0.6) is 0 Å². The Hall–Kier alpha value is -0.630. The van der Waals surface area contributed by atoms with Gasteiger partial charge in [0.2, 0.25) is 0 Å². The van der Waals surface area contributed by atoms with Gasteiger partial charge < -0.3 is 5.11 Å². The van der Waals surface area contributed by atoms with Gasteiger partial charge in [-0.3, -0.25) is 4.79 Å². The zero-order chi connectivity index (χ0) is 17.3. The Bertz CT molecular complexity index is 591. The third-order valence-electron chi connectivity index (χ3n) is 8.90. The van der Waals surface area contributed by atoms with E-state index in [1.165, 1.54) is 43.3 Å². The Balaban J connectivity index is 1.65. The molecule has 0 unspecified atom stereocenters. The zero-order valence-corrected chi connectivity index (χ0v) is 15.9. The van der Waals surface area contributed by atoms with Crippen molar-refractivity contribution in [3.63, 3.8) is 0 Å². The molecule has 0 radical (unpaired) electrons. The monoisotopic (exact) mass is 330 g/mol. The minimum Gasteiger partial charge on any atom is -0.393 e. The Morgan fingerprint density at radius 3 is 2.54 bits per heavy atom. The van der Waals surface area contributed by atoms with Gasteiger partial charge in [0.1, 0.15) is 0 Å². The number of hydrogen-bond donors (Lipinski definition) is 1. The van der Waals surface area contributed by atoms with Gasteiger partial charge in [-0.05, 0) is 105 Å². The van der Waals surface area contributed by atoms with Crippen LogP contribution in [0, 0.1) is 34.5 Å². The van der Waals surface area contributed by atoms with E-state index in [4.69, 9.17) is 0 Å². The molecule has 2 heteroatoms. The van der Waals surface area contributed by atoms with E-state index in [2.05, 4.69) is 20.8 Å². The maximum atomic E-state index is 12.3. The van der Waals surface area contributed by atoms with Gasteiger partial charge in [0.05, 0.1) is 6.10 Å². The second-order valence-corrected chi connectivity index (χ2v) is 9.96. The molecule has 0 aliphatic heterocycles. The van der Waals surface area contributed by atoms with Crippen molar-refractivity contribution in [3.8, 4) is 0 Å². The lowest BCUT2D eigenvalue weighted by atomic mass is 9.44. The molecule has 1 N–H and O–H groups in total. The summed E-state index contributed by atoms with van der Waals surface area (Å²) in [5.41, 5.74) is 3.12. The topological polar surface area (TPSA) is 37.3 Å². The van der Waals surface area contributed by atoms with Crippen molar-refractivity contribution in [2.45, 2.75) is 85.2 Å². The van der Waals surface area contributed by atoms with Gasteiger partial charge in [0.15, 0.2) is 5.78 Å². The van der Waals surface area contributed by atoms with Crippen LogP contribution in [0.2, 0.25) is 0 Å². The fraction of sp³-hybridized carbons (Fsp3) is 0.864. The highest BCUT2D eigenvalue weighted by Gasteiger charge is 2.59. The predicted octanol–water partition coefficient (Wildman–Crippen LogP) is 4.91. The SMILES string of the molecule is CC(=O)C1=C(C)C[C@@H]2[C@H]3CC[C@H]4C[C@H](O)CC[C@]4(C)[C@@H]3CC[C@@]12C. The molecular weight excluding hydrogens is 296 g/mol. The molecule has 0 aromatic carbocycles. The van der Waals surface area contributed by atoms with E-state index in [-0.39, 0.29) is 11.5 Å². The predicted molar refractivity (Wildman–Crippen MR) is 96.5 cm³/mol. The molecule has 0 aromatic heterocycles. The van der Waals surface area contributed by atoms with E-state index in [0.29, 0.717) is 17.1 Å². The maximum Gasteiger partial charge on any atom is 0.156 e. The summed E-state index contributed by atoms with van der Waals surface area (Å²) in [7, 11) is 0. The van der Waals surface area contributed by atoms with Crippen LogP contribution in [0.4, 0.5) is 0 Å². The normalized spacial score (nSPS) is 51.0. The first-order valence-corrected chi connectivity index (χ1v) is 10.2. The van der Waals surface area contributed by atoms with Gasteiger partial charge in [0.25, 0.3) is 0 Å². The number of hydrogen-bond acceptors (Lipinski definition) is 2. The zero-order valence-electron chi connectivity index (χ0n) is 15.9. The van der Waals surface area contributed by atoms with Gasteiger partial charge in [-0.15, -0.1) is 0 Å². The van der Waals surface area contributed by atoms with Crippen LogP contribution >= 0.6 is 0 Å². The van der Waals surface area contributed by atoms with E-state index >= 15 is 0 Å². The molecule has 0 amide bonds. The van der Waals surface area contributed by atoms with Crippen LogP contribution in [0.3, 0.4) is 0 Å². The van der Waals surface area contributed by atoms with Gasteiger partial charge >= 0.3 is 0 Å². The molecule has 2 nitrogen and oxygen atoms in total. The Morgan fingerprint density at radius 1 is 1.08 bits per heavy atom. The molecule has 3 saturated carbocycles. The number of aliphatic hydroxyl groups excluding tert-OH is 1. The van der Waals surface area contributed by atoms with Crippen LogP contribution in [0.15, 0.2) is 11.1 Å². The number of Topliss-reactive ketones (excluding diaryl/α,β-unsaturated/α-hetero) is 1. The van der Waals surface area contributed by atoms with E-state index in [1.807, 2.05) is 0 Å². The minimum absolute atomic E-state index is 0.0619. The molecule has 134 valence electrons. The fourth-order valence-electron chi connectivity index (χ4n) is 7.86. The molecule has 7 atom stereocenters. The number of rotatable bonds is 1. The molecule has 0 spiro atoms. The molecule has 4 aliphatic rings. The Morgan fingerprint density at radius 2 is 1.83 bits per heavy atom. The van der Waals surface area contributed by atoms with Crippen molar-refractivity contribution in [2.75, 3.05) is 0 Å². The highest BCUT2D eigenvalue weighted by Crippen LogP contribution is 2.67. The van der Waals surface area contributed by atoms with Crippen LogP contribution in [-0.4, -0.2) is 17.0 Å². The summed E-state index contributed by atoms with van der Waals surface area (Å²) >= 11 is 0. The number of fused-ring (bicyclic) bond motifs is 5. The number of carbonyl (C=O) groups is 1. The third-order valence-corrected chi connectivity index (χ3v) is 8.90. The number of ketones is 1. The van der Waals surface area contributed by atoms with E-state index in [9.17, 15) is 9.90 Å². The summed E-state index contributed by atoms with van der Waals surface area (Å²) in [6, 6.07) is 0. The second kappa shape index (κ2) is 5.43. The van der Waals surface area contributed by atoms with Crippen molar-refractivity contribution in [3.05, 3.63) is 11.1 Å². The van der Waals surface area contributed by atoms with Crippen LogP contribution in [0.25, 0.3) is 0 Å². The van der Waals surface area contributed by atoms with E-state index < -0.39 is 0 Å². The first kappa shape index (κ1) is 16.8. The number of aliphatic hydroxyl groups is 1. The third kappa shape index (κ3) is 2.14. The van der Waals surface area contributed by atoms with Crippen LogP contribution < -0.4 is 0 Å². The summed E-state index contributed by atoms with van der Waals surface area (Å²) < 4.78 is 0. The first-order chi connectivity index (χ1) is 11.3. The standard InChI is InChI=1S/C22H34O2/c1-13-11-19-17-6-5-15-12-16(24)7-9-21(15,3)18(17)8-10-22(19,4)20(13)14(2)23/h15-19,24H,5-12H2,1-4H3/t15-,16+,17-,18+,19+,21-,22+/m0/s1. The number of carbonyl (C=O) groups excluding carboxylic acids is 1. The fourth-order valence-corrected chi connectivity index (χ4v) is 7.86. The lowest BCUT2D eigenvalue weighted by Gasteiger charge is -2.60. The van der Waals surface area contributed by atoms with Crippen LogP contribution in [-0.2, 0) is 4.79 Å². The quantitative estimate of drug-likeness (QED) is 0.742. The van der Waals surface area contributed by atoms with E-state index in [1.54, 1.807) is 6.92 Å². The molecule has 24 heavy (non-hydrogen) atoms. The Labute approximate surface area is 147 Å². The minimum atomic E-state index is -0.0619. The summed E-state index contributed by atoms with van der Waals surface area (Å²) in [6.45, 7) is 8.91. The summed E-state index contributed by atoms with van der Waals surface area (Å²) in [4.78, 5) is 12.3. The smallest absolute Gasteiger partial charge is 0.156 e. The van der Waals surface area contributed by atoms with Gasteiger partial charge in [-0.1, -0.05) is 19.4 Å². The summed E-state index contributed by atoms with van der Waals surface area (Å²) in [5.74, 6) is 3.30. The lowest BCUT2D eigenvalue weighted by molar-refractivity contribution is -0.124. The van der Waals surface area contributed by atoms with Crippen molar-refractivity contribution in [2.24, 2.45) is 34.5 Å². The molecule has 0 bridgehead atoms. The molecule has 0 saturated heterocycles. The van der Waals surface area contributed by atoms with Gasteiger partial charge in [-0.25, -0.2) is 0 Å². The van der Waals surface area contributed by atoms with Crippen molar-refractivity contribution >= 4 is 5.78 Å². The highest BCUT2D eigenvalue weighted by molar-refractivity contribution is 5.96. The molecular formula is C22H34O2.